The van der Waals surface area contributed by atoms with Crippen LogP contribution >= 0.6 is 0 Å². The summed E-state index contributed by atoms with van der Waals surface area (Å²) < 4.78 is 5.27. The van der Waals surface area contributed by atoms with Crippen LogP contribution < -0.4 is 4.74 Å². The van der Waals surface area contributed by atoms with Crippen LogP contribution in [-0.4, -0.2) is 36.7 Å². The van der Waals surface area contributed by atoms with Gasteiger partial charge in [-0.15, -0.1) is 0 Å². The van der Waals surface area contributed by atoms with Crippen molar-refractivity contribution < 1.29 is 14.6 Å². The molecule has 0 heterocycles. The first kappa shape index (κ1) is 13.9. The molecular weight excluding hydrogens is 242 g/mol. The maximum absolute atomic E-state index is 10.9. The van der Waals surface area contributed by atoms with E-state index in [-0.39, 0.29) is 5.92 Å². The van der Waals surface area contributed by atoms with Gasteiger partial charge in [-0.05, 0) is 43.1 Å². The molecule has 2 rings (SSSR count). The van der Waals surface area contributed by atoms with E-state index in [1.165, 1.54) is 11.1 Å². The van der Waals surface area contributed by atoms with Crippen LogP contribution in [0.25, 0.3) is 0 Å². The Kier molecular flexibility index (Phi) is 4.10. The first-order chi connectivity index (χ1) is 9.02. The number of carboxylic acid groups (broad SMARTS) is 1. The smallest absolute Gasteiger partial charge is 0.307 e. The second-order valence-electron chi connectivity index (χ2n) is 5.30. The Labute approximate surface area is 114 Å². The van der Waals surface area contributed by atoms with Crippen LogP contribution in [0.4, 0.5) is 0 Å². The second-order valence-corrected chi connectivity index (χ2v) is 5.30. The van der Waals surface area contributed by atoms with Gasteiger partial charge in [0.2, 0.25) is 0 Å². The van der Waals surface area contributed by atoms with E-state index in [1.54, 1.807) is 14.0 Å². The molecule has 2 atom stereocenters. The highest BCUT2D eigenvalue weighted by Crippen LogP contribution is 2.37. The number of rotatable bonds is 5. The molecule has 4 heteroatoms. The lowest BCUT2D eigenvalue weighted by atomic mass is 10.1. The Bertz CT molecular complexity index is 472. The van der Waals surface area contributed by atoms with Crippen LogP contribution in [0.5, 0.6) is 5.75 Å². The molecule has 104 valence electrons. The molecule has 0 aliphatic heterocycles. The minimum Gasteiger partial charge on any atom is -0.497 e. The highest BCUT2D eigenvalue weighted by Gasteiger charge is 2.28. The molecule has 19 heavy (non-hydrogen) atoms. The Morgan fingerprint density at radius 3 is 2.95 bits per heavy atom. The number of benzene rings is 1. The van der Waals surface area contributed by atoms with E-state index in [1.807, 2.05) is 13.1 Å². The minimum absolute atomic E-state index is 0.298. The van der Waals surface area contributed by atoms with Crippen LogP contribution in [0, 0.1) is 5.92 Å². The fourth-order valence-corrected chi connectivity index (χ4v) is 2.78. The first-order valence-electron chi connectivity index (χ1n) is 6.62. The van der Waals surface area contributed by atoms with Crippen LogP contribution in [0.1, 0.15) is 30.5 Å². The van der Waals surface area contributed by atoms with Crippen molar-refractivity contribution in [2.75, 3.05) is 20.7 Å². The Hall–Kier alpha value is -1.55. The zero-order valence-corrected chi connectivity index (χ0v) is 11.7. The lowest BCUT2D eigenvalue weighted by molar-refractivity contribution is -0.141. The lowest BCUT2D eigenvalue weighted by Crippen LogP contribution is -2.31. The highest BCUT2D eigenvalue weighted by molar-refractivity contribution is 5.69. The maximum atomic E-state index is 10.9. The highest BCUT2D eigenvalue weighted by atomic mass is 16.5. The SMILES string of the molecule is COc1ccc2c(c1)C(N(C)CC(C)C(=O)O)CC2. The van der Waals surface area contributed by atoms with E-state index in [2.05, 4.69) is 17.0 Å². The van der Waals surface area contributed by atoms with Gasteiger partial charge in [0.15, 0.2) is 0 Å². The summed E-state index contributed by atoms with van der Waals surface area (Å²) in [5.41, 5.74) is 2.63. The average molecular weight is 263 g/mol. The zero-order chi connectivity index (χ0) is 14.0. The van der Waals surface area contributed by atoms with E-state index in [0.717, 1.165) is 18.6 Å². The van der Waals surface area contributed by atoms with Gasteiger partial charge in [0.1, 0.15) is 5.75 Å². The van der Waals surface area contributed by atoms with Gasteiger partial charge in [-0.25, -0.2) is 0 Å². The van der Waals surface area contributed by atoms with Crippen molar-refractivity contribution >= 4 is 5.97 Å². The molecule has 0 fully saturated rings. The van der Waals surface area contributed by atoms with Crippen molar-refractivity contribution in [1.82, 2.24) is 4.90 Å². The van der Waals surface area contributed by atoms with Crippen molar-refractivity contribution in [2.24, 2.45) is 5.92 Å². The van der Waals surface area contributed by atoms with Gasteiger partial charge < -0.3 is 9.84 Å². The average Bonchev–Trinajstić information content (AvgIpc) is 2.81. The van der Waals surface area contributed by atoms with E-state index in [4.69, 9.17) is 9.84 Å². The molecular formula is C15H21NO3. The third-order valence-electron chi connectivity index (χ3n) is 3.91. The summed E-state index contributed by atoms with van der Waals surface area (Å²) in [5, 5.41) is 9.00. The normalized spacial score (nSPS) is 19.3. The maximum Gasteiger partial charge on any atom is 0.307 e. The number of carboxylic acids is 1. The molecule has 0 aromatic heterocycles. The lowest BCUT2D eigenvalue weighted by Gasteiger charge is -2.26. The van der Waals surface area contributed by atoms with Gasteiger partial charge in [-0.1, -0.05) is 13.0 Å². The molecule has 0 amide bonds. The molecule has 0 saturated carbocycles. The van der Waals surface area contributed by atoms with Crippen molar-refractivity contribution in [1.29, 1.82) is 0 Å². The number of carbonyl (C=O) groups is 1. The van der Waals surface area contributed by atoms with E-state index in [9.17, 15) is 4.79 Å². The predicted octanol–water partition coefficient (Wildman–Crippen LogP) is 2.33. The molecule has 0 radical (unpaired) electrons. The number of hydrogen-bond acceptors (Lipinski definition) is 3. The van der Waals surface area contributed by atoms with Crippen LogP contribution in [0.2, 0.25) is 0 Å². The van der Waals surface area contributed by atoms with Crippen molar-refractivity contribution in [3.63, 3.8) is 0 Å². The minimum atomic E-state index is -0.740. The largest absolute Gasteiger partial charge is 0.497 e. The third-order valence-corrected chi connectivity index (χ3v) is 3.91. The van der Waals surface area contributed by atoms with Crippen LogP contribution in [-0.2, 0) is 11.2 Å². The Morgan fingerprint density at radius 2 is 2.32 bits per heavy atom. The molecule has 1 aromatic carbocycles. The summed E-state index contributed by atoms with van der Waals surface area (Å²) in [6.07, 6.45) is 2.10. The summed E-state index contributed by atoms with van der Waals surface area (Å²) in [7, 11) is 3.67. The molecule has 2 unspecified atom stereocenters. The van der Waals surface area contributed by atoms with Crippen molar-refractivity contribution in [2.45, 2.75) is 25.8 Å². The standard InChI is InChI=1S/C15H21NO3/c1-10(15(17)18)9-16(2)14-7-5-11-4-6-12(19-3)8-13(11)14/h4,6,8,10,14H,5,7,9H2,1-3H3,(H,17,18). The zero-order valence-electron chi connectivity index (χ0n) is 11.7. The van der Waals surface area contributed by atoms with E-state index >= 15 is 0 Å². The van der Waals surface area contributed by atoms with Gasteiger partial charge in [-0.2, -0.15) is 0 Å². The van der Waals surface area contributed by atoms with Crippen molar-refractivity contribution in [3.05, 3.63) is 29.3 Å². The molecule has 1 aliphatic carbocycles. The molecule has 0 saturated heterocycles. The number of aryl methyl sites for hydroxylation is 1. The molecule has 1 aliphatic rings. The summed E-state index contributed by atoms with van der Waals surface area (Å²) in [6, 6.07) is 6.48. The molecule has 1 N–H and O–H groups in total. The summed E-state index contributed by atoms with van der Waals surface area (Å²) >= 11 is 0. The topological polar surface area (TPSA) is 49.8 Å². The van der Waals surface area contributed by atoms with Crippen molar-refractivity contribution in [3.8, 4) is 5.75 Å². The Balaban J connectivity index is 2.14. The number of aliphatic carboxylic acids is 1. The van der Waals surface area contributed by atoms with E-state index < -0.39 is 5.97 Å². The predicted molar refractivity (Wildman–Crippen MR) is 73.5 cm³/mol. The van der Waals surface area contributed by atoms with Gasteiger partial charge in [0, 0.05) is 12.6 Å². The molecule has 0 spiro atoms. The fourth-order valence-electron chi connectivity index (χ4n) is 2.78. The number of nitrogens with zero attached hydrogens (tertiary/aromatic N) is 1. The molecule has 0 bridgehead atoms. The number of fused-ring (bicyclic) bond motifs is 1. The quantitative estimate of drug-likeness (QED) is 0.886. The fraction of sp³-hybridized carbons (Fsp3) is 0.533. The monoisotopic (exact) mass is 263 g/mol. The van der Waals surface area contributed by atoms with Gasteiger partial charge in [-0.3, -0.25) is 9.69 Å². The van der Waals surface area contributed by atoms with Gasteiger partial charge >= 0.3 is 5.97 Å². The van der Waals surface area contributed by atoms with Crippen LogP contribution in [0.15, 0.2) is 18.2 Å². The van der Waals surface area contributed by atoms with Gasteiger partial charge in [0.25, 0.3) is 0 Å². The number of ether oxygens (including phenoxy) is 1. The number of methoxy groups -OCH3 is 1. The first-order valence-corrected chi connectivity index (χ1v) is 6.62. The number of hydrogen-bond donors (Lipinski definition) is 1. The molecule has 1 aromatic rings. The summed E-state index contributed by atoms with van der Waals surface area (Å²) in [5.74, 6) is -0.222. The molecule has 4 nitrogen and oxygen atoms in total. The van der Waals surface area contributed by atoms with E-state index in [0.29, 0.717) is 12.6 Å². The third kappa shape index (κ3) is 2.89. The summed E-state index contributed by atoms with van der Waals surface area (Å²) in [6.45, 7) is 2.32. The Morgan fingerprint density at radius 1 is 1.58 bits per heavy atom. The second kappa shape index (κ2) is 5.61. The summed E-state index contributed by atoms with van der Waals surface area (Å²) in [4.78, 5) is 13.1. The van der Waals surface area contributed by atoms with Gasteiger partial charge in [0.05, 0.1) is 13.0 Å². The van der Waals surface area contributed by atoms with Crippen LogP contribution in [0.3, 0.4) is 0 Å².